The second kappa shape index (κ2) is 9.66. The Morgan fingerprint density at radius 3 is 2.17 bits per heavy atom. The minimum absolute atomic E-state index is 0.162. The molecule has 10 heteroatoms. The zero-order valence-electron chi connectivity index (χ0n) is 17.5. The number of carbonyl (C=O) groups is 2. The van der Waals surface area contributed by atoms with Crippen molar-refractivity contribution in [1.82, 2.24) is 4.72 Å². The highest BCUT2D eigenvalue weighted by Gasteiger charge is 2.33. The van der Waals surface area contributed by atoms with Crippen LogP contribution in [0.5, 0.6) is 0 Å². The lowest BCUT2D eigenvalue weighted by molar-refractivity contribution is -0.253. The fourth-order valence-electron chi connectivity index (χ4n) is 2.23. The minimum Gasteiger partial charge on any atom is -0.460 e. The highest BCUT2D eigenvalue weighted by atomic mass is 32.2. The molecule has 164 valence electrons. The SMILES string of the molecule is CC(C)(C)OC(=O)CC(NS(=O)(=O)c1cccc(COO)c1)C(=O)OC(C)(C)C. The molecule has 0 saturated carbocycles. The summed E-state index contributed by atoms with van der Waals surface area (Å²) in [5.74, 6) is -1.65. The number of rotatable bonds is 8. The molecule has 0 aliphatic rings. The highest BCUT2D eigenvalue weighted by Crippen LogP contribution is 2.17. The number of benzene rings is 1. The Labute approximate surface area is 171 Å². The molecule has 1 aromatic carbocycles. The maximum absolute atomic E-state index is 12.8. The van der Waals surface area contributed by atoms with Gasteiger partial charge in [-0.3, -0.25) is 14.8 Å². The van der Waals surface area contributed by atoms with E-state index in [4.69, 9.17) is 14.7 Å². The van der Waals surface area contributed by atoms with Crippen molar-refractivity contribution in [1.29, 1.82) is 0 Å². The number of ether oxygens (including phenoxy) is 2. The molecule has 0 heterocycles. The Balaban J connectivity index is 3.13. The molecule has 2 N–H and O–H groups in total. The first-order valence-electron chi connectivity index (χ1n) is 8.95. The van der Waals surface area contributed by atoms with Crippen LogP contribution in [0.25, 0.3) is 0 Å². The van der Waals surface area contributed by atoms with Crippen LogP contribution in [-0.2, 0) is 40.6 Å². The lowest BCUT2D eigenvalue weighted by Gasteiger charge is -2.25. The average molecular weight is 432 g/mol. The summed E-state index contributed by atoms with van der Waals surface area (Å²) in [6, 6.07) is 4.12. The zero-order chi connectivity index (χ0) is 22.5. The van der Waals surface area contributed by atoms with E-state index in [0.29, 0.717) is 5.56 Å². The third kappa shape index (κ3) is 9.35. The average Bonchev–Trinajstić information content (AvgIpc) is 2.51. The van der Waals surface area contributed by atoms with Gasteiger partial charge in [0.2, 0.25) is 10.0 Å². The zero-order valence-corrected chi connectivity index (χ0v) is 18.3. The van der Waals surface area contributed by atoms with Crippen LogP contribution in [0.4, 0.5) is 0 Å². The topological polar surface area (TPSA) is 128 Å². The second-order valence-corrected chi connectivity index (χ2v) is 10.1. The molecule has 0 aliphatic heterocycles. The molecule has 9 nitrogen and oxygen atoms in total. The predicted octanol–water partition coefficient (Wildman–Crippen LogP) is 2.40. The second-order valence-electron chi connectivity index (χ2n) is 8.42. The summed E-state index contributed by atoms with van der Waals surface area (Å²) in [4.78, 5) is 28.6. The Morgan fingerprint density at radius 1 is 1.07 bits per heavy atom. The fraction of sp³-hybridized carbons (Fsp3) is 0.579. The van der Waals surface area contributed by atoms with Gasteiger partial charge in [0.05, 0.1) is 11.3 Å². The van der Waals surface area contributed by atoms with Crippen LogP contribution in [-0.4, -0.2) is 42.9 Å². The van der Waals surface area contributed by atoms with E-state index in [1.165, 1.54) is 18.2 Å². The van der Waals surface area contributed by atoms with Gasteiger partial charge in [0.15, 0.2) is 0 Å². The van der Waals surface area contributed by atoms with E-state index in [0.717, 1.165) is 0 Å². The number of carbonyl (C=O) groups excluding carboxylic acids is 2. The summed E-state index contributed by atoms with van der Waals surface area (Å²) in [6.07, 6.45) is -0.537. The quantitative estimate of drug-likeness (QED) is 0.365. The van der Waals surface area contributed by atoms with E-state index >= 15 is 0 Å². The molecule has 1 rings (SSSR count). The van der Waals surface area contributed by atoms with Crippen molar-refractivity contribution in [2.75, 3.05) is 0 Å². The number of hydrogen-bond donors (Lipinski definition) is 2. The van der Waals surface area contributed by atoms with Gasteiger partial charge >= 0.3 is 11.9 Å². The summed E-state index contributed by atoms with van der Waals surface area (Å²) < 4.78 is 38.2. The monoisotopic (exact) mass is 431 g/mol. The van der Waals surface area contributed by atoms with Crippen LogP contribution < -0.4 is 4.72 Å². The van der Waals surface area contributed by atoms with E-state index in [-0.39, 0.29) is 11.5 Å². The van der Waals surface area contributed by atoms with Crippen LogP contribution in [0, 0.1) is 0 Å². The Bertz CT molecular complexity index is 821. The third-order valence-electron chi connectivity index (χ3n) is 3.22. The standard InChI is InChI=1S/C19H29NO8S/c1-18(2,3)27-16(21)11-15(17(22)28-19(4,5)6)20-29(24,25)14-9-7-8-13(10-14)12-26-23/h7-10,15,20,23H,11-12H2,1-6H3. The lowest BCUT2D eigenvalue weighted by atomic mass is 10.1. The molecule has 0 radical (unpaired) electrons. The lowest BCUT2D eigenvalue weighted by Crippen LogP contribution is -2.46. The molecule has 1 atom stereocenters. The van der Waals surface area contributed by atoms with Gasteiger partial charge in [-0.05, 0) is 59.2 Å². The van der Waals surface area contributed by atoms with Crippen molar-refractivity contribution in [2.45, 2.75) is 76.7 Å². The number of esters is 2. The number of hydrogen-bond acceptors (Lipinski definition) is 8. The van der Waals surface area contributed by atoms with Crippen molar-refractivity contribution in [3.8, 4) is 0 Å². The molecule has 0 spiro atoms. The third-order valence-corrected chi connectivity index (χ3v) is 4.69. The summed E-state index contributed by atoms with van der Waals surface area (Å²) in [7, 11) is -4.19. The molecule has 0 aliphatic carbocycles. The van der Waals surface area contributed by atoms with E-state index in [1.807, 2.05) is 0 Å². The van der Waals surface area contributed by atoms with Crippen LogP contribution in [0.3, 0.4) is 0 Å². The molecular weight excluding hydrogens is 402 g/mol. The van der Waals surface area contributed by atoms with Gasteiger partial charge in [-0.1, -0.05) is 12.1 Å². The van der Waals surface area contributed by atoms with Crippen molar-refractivity contribution in [2.24, 2.45) is 0 Å². The minimum atomic E-state index is -4.19. The molecular formula is C19H29NO8S. The van der Waals surface area contributed by atoms with Crippen LogP contribution in [0.1, 0.15) is 53.5 Å². The number of nitrogens with one attached hydrogen (secondary N) is 1. The van der Waals surface area contributed by atoms with Gasteiger partial charge < -0.3 is 9.47 Å². The molecule has 1 unspecified atom stereocenters. The molecule has 1 aromatic rings. The molecule has 29 heavy (non-hydrogen) atoms. The van der Waals surface area contributed by atoms with Gasteiger partial charge in [0, 0.05) is 0 Å². The predicted molar refractivity (Wildman–Crippen MR) is 104 cm³/mol. The largest absolute Gasteiger partial charge is 0.460 e. The first-order chi connectivity index (χ1) is 13.1. The maximum atomic E-state index is 12.8. The molecule has 0 aromatic heterocycles. The molecule has 0 bridgehead atoms. The van der Waals surface area contributed by atoms with E-state index in [2.05, 4.69) is 9.61 Å². The van der Waals surface area contributed by atoms with Gasteiger partial charge in [-0.15, -0.1) is 0 Å². The van der Waals surface area contributed by atoms with Gasteiger partial charge in [0.25, 0.3) is 0 Å². The van der Waals surface area contributed by atoms with Crippen molar-refractivity contribution in [3.63, 3.8) is 0 Å². The summed E-state index contributed by atoms with van der Waals surface area (Å²) in [6.45, 7) is 9.65. The van der Waals surface area contributed by atoms with Crippen LogP contribution in [0.15, 0.2) is 29.2 Å². The van der Waals surface area contributed by atoms with Gasteiger partial charge in [-0.2, -0.15) is 4.72 Å². The molecule has 0 saturated heterocycles. The van der Waals surface area contributed by atoms with Crippen molar-refractivity contribution in [3.05, 3.63) is 29.8 Å². The maximum Gasteiger partial charge on any atom is 0.325 e. The summed E-state index contributed by atoms with van der Waals surface area (Å²) >= 11 is 0. The summed E-state index contributed by atoms with van der Waals surface area (Å²) in [5.41, 5.74) is -1.28. The Kier molecular flexibility index (Phi) is 8.34. The molecule has 0 amide bonds. The first kappa shape index (κ1) is 25.0. The van der Waals surface area contributed by atoms with E-state index < -0.39 is 45.6 Å². The fourth-order valence-corrected chi connectivity index (χ4v) is 3.48. The first-order valence-corrected chi connectivity index (χ1v) is 10.4. The van der Waals surface area contributed by atoms with Crippen LogP contribution >= 0.6 is 0 Å². The van der Waals surface area contributed by atoms with Gasteiger partial charge in [0.1, 0.15) is 23.9 Å². The van der Waals surface area contributed by atoms with Gasteiger partial charge in [-0.25, -0.2) is 13.3 Å². The Morgan fingerprint density at radius 2 is 1.66 bits per heavy atom. The van der Waals surface area contributed by atoms with Crippen molar-refractivity contribution < 1.29 is 37.6 Å². The smallest absolute Gasteiger partial charge is 0.325 e. The Hall–Kier alpha value is -2.01. The van der Waals surface area contributed by atoms with E-state index in [9.17, 15) is 18.0 Å². The number of sulfonamides is 1. The van der Waals surface area contributed by atoms with Crippen molar-refractivity contribution >= 4 is 22.0 Å². The van der Waals surface area contributed by atoms with E-state index in [1.54, 1.807) is 47.6 Å². The summed E-state index contributed by atoms with van der Waals surface area (Å²) in [5, 5.41) is 8.55. The normalized spacial score (nSPS) is 13.6. The molecule has 0 fully saturated rings. The van der Waals surface area contributed by atoms with Crippen LogP contribution in [0.2, 0.25) is 0 Å². The highest BCUT2D eigenvalue weighted by molar-refractivity contribution is 7.89.